The average Bonchev–Trinajstić information content (AvgIpc) is 3.28. The van der Waals surface area contributed by atoms with E-state index in [9.17, 15) is 28.3 Å². The molecule has 5 rings (SSSR count). The Morgan fingerprint density at radius 3 is 2.69 bits per heavy atom. The summed E-state index contributed by atoms with van der Waals surface area (Å²) in [5, 5.41) is 13.2. The zero-order chi connectivity index (χ0) is 25.7. The van der Waals surface area contributed by atoms with Gasteiger partial charge in [0.15, 0.2) is 11.4 Å². The molecule has 7 nitrogen and oxygen atoms in total. The second-order valence-electron chi connectivity index (χ2n) is 10.8. The van der Waals surface area contributed by atoms with Crippen molar-refractivity contribution >= 4 is 11.8 Å². The van der Waals surface area contributed by atoms with E-state index in [0.29, 0.717) is 30.4 Å². The van der Waals surface area contributed by atoms with Gasteiger partial charge in [-0.25, -0.2) is 8.78 Å². The Balaban J connectivity index is 1.46. The predicted octanol–water partition coefficient (Wildman–Crippen LogP) is 3.82. The maximum atomic E-state index is 14.0. The van der Waals surface area contributed by atoms with Crippen LogP contribution < -0.4 is 10.7 Å². The summed E-state index contributed by atoms with van der Waals surface area (Å²) in [7, 11) is 0. The SMILES string of the molecule is CC(C)CC1C[C@@H]2CCC[C@@H]2N2C(=O)c3c(O)c(=O)c(C(=O)NCc4ccc(F)cc4F)cn3C[C@@H]12. The highest BCUT2D eigenvalue weighted by molar-refractivity contribution is 5.99. The molecule has 2 aliphatic heterocycles. The van der Waals surface area contributed by atoms with E-state index in [1.54, 1.807) is 0 Å². The van der Waals surface area contributed by atoms with Crippen molar-refractivity contribution in [2.75, 3.05) is 0 Å². The molecule has 3 heterocycles. The number of nitrogens with zero attached hydrogens (tertiary/aromatic N) is 2. The van der Waals surface area contributed by atoms with E-state index in [2.05, 4.69) is 19.2 Å². The number of pyridine rings is 1. The first-order valence-electron chi connectivity index (χ1n) is 12.7. The number of halogens is 2. The van der Waals surface area contributed by atoms with Crippen molar-refractivity contribution in [2.45, 2.75) is 71.1 Å². The number of hydrogen-bond donors (Lipinski definition) is 2. The third-order valence-electron chi connectivity index (χ3n) is 8.03. The molecule has 0 radical (unpaired) electrons. The summed E-state index contributed by atoms with van der Waals surface area (Å²) < 4.78 is 28.6. The maximum absolute atomic E-state index is 14.0. The Bertz CT molecular complexity index is 1270. The molecule has 1 aromatic heterocycles. The van der Waals surface area contributed by atoms with Crippen molar-refractivity contribution in [3.63, 3.8) is 0 Å². The van der Waals surface area contributed by atoms with Crippen LogP contribution in [-0.4, -0.2) is 38.5 Å². The molecule has 1 aromatic carbocycles. The lowest BCUT2D eigenvalue weighted by Crippen LogP contribution is -2.60. The van der Waals surface area contributed by atoms with E-state index in [0.717, 1.165) is 38.2 Å². The van der Waals surface area contributed by atoms with E-state index in [1.807, 2.05) is 4.90 Å². The van der Waals surface area contributed by atoms with Gasteiger partial charge in [-0.3, -0.25) is 14.4 Å². The number of carbonyl (C=O) groups excluding carboxylic acids is 2. The minimum Gasteiger partial charge on any atom is -0.503 e. The highest BCUT2D eigenvalue weighted by Crippen LogP contribution is 2.46. The van der Waals surface area contributed by atoms with Crippen LogP contribution in [0.4, 0.5) is 8.78 Å². The van der Waals surface area contributed by atoms with Crippen LogP contribution in [0, 0.1) is 29.4 Å². The fourth-order valence-corrected chi connectivity index (χ4v) is 6.51. The van der Waals surface area contributed by atoms with Crippen molar-refractivity contribution in [3.05, 3.63) is 63.1 Å². The molecule has 4 atom stereocenters. The number of benzene rings is 1. The molecular formula is C27H31F2N3O4. The normalized spacial score (nSPS) is 24.9. The van der Waals surface area contributed by atoms with Gasteiger partial charge in [-0.1, -0.05) is 26.3 Å². The molecule has 0 bridgehead atoms. The molecule has 1 aliphatic carbocycles. The molecule has 2 N–H and O–H groups in total. The summed E-state index contributed by atoms with van der Waals surface area (Å²) in [6.07, 6.45) is 6.42. The zero-order valence-corrected chi connectivity index (χ0v) is 20.5. The Morgan fingerprint density at radius 2 is 1.97 bits per heavy atom. The lowest BCUT2D eigenvalue weighted by Gasteiger charge is -2.51. The highest BCUT2D eigenvalue weighted by atomic mass is 19.1. The quantitative estimate of drug-likeness (QED) is 0.654. The summed E-state index contributed by atoms with van der Waals surface area (Å²) in [5.74, 6) is -2.25. The molecule has 3 aliphatic rings. The number of nitrogens with one attached hydrogen (secondary N) is 1. The van der Waals surface area contributed by atoms with Crippen molar-refractivity contribution in [1.82, 2.24) is 14.8 Å². The van der Waals surface area contributed by atoms with Gasteiger partial charge in [0.1, 0.15) is 17.2 Å². The number of rotatable bonds is 5. The van der Waals surface area contributed by atoms with Crippen LogP contribution in [0.25, 0.3) is 0 Å². The standard InChI is InChI=1S/C27H31F2N3O4/c1-14(2)8-17-9-15-4-3-5-21(15)32-22(17)13-31-12-19(24(33)25(34)23(31)27(32)36)26(35)30-11-16-6-7-18(28)10-20(16)29/h6-7,10,12,14-15,17,21-22,34H,3-5,8-9,11,13H2,1-2H3,(H,30,35)/t15-,17?,21-,22-/m0/s1. The van der Waals surface area contributed by atoms with Gasteiger partial charge >= 0.3 is 0 Å². The summed E-state index contributed by atoms with van der Waals surface area (Å²) in [4.78, 5) is 41.4. The van der Waals surface area contributed by atoms with E-state index >= 15 is 0 Å². The molecule has 2 fully saturated rings. The van der Waals surface area contributed by atoms with Gasteiger partial charge in [-0.15, -0.1) is 0 Å². The van der Waals surface area contributed by atoms with Gasteiger partial charge in [0.2, 0.25) is 5.43 Å². The van der Waals surface area contributed by atoms with Gasteiger partial charge in [0, 0.05) is 37.0 Å². The monoisotopic (exact) mass is 499 g/mol. The van der Waals surface area contributed by atoms with E-state index in [-0.39, 0.29) is 41.4 Å². The smallest absolute Gasteiger partial charge is 0.275 e. The van der Waals surface area contributed by atoms with Crippen molar-refractivity contribution < 1.29 is 23.5 Å². The van der Waals surface area contributed by atoms with E-state index in [4.69, 9.17) is 0 Å². The van der Waals surface area contributed by atoms with Crippen LogP contribution in [-0.2, 0) is 13.1 Å². The summed E-state index contributed by atoms with van der Waals surface area (Å²) >= 11 is 0. The number of aromatic hydroxyl groups is 1. The third kappa shape index (κ3) is 4.18. The summed E-state index contributed by atoms with van der Waals surface area (Å²) in [6.45, 7) is 4.46. The first-order chi connectivity index (χ1) is 17.2. The van der Waals surface area contributed by atoms with Crippen LogP contribution in [0.1, 0.15) is 72.4 Å². The number of amides is 2. The van der Waals surface area contributed by atoms with Gasteiger partial charge in [-0.2, -0.15) is 0 Å². The van der Waals surface area contributed by atoms with Gasteiger partial charge < -0.3 is 19.9 Å². The minimum atomic E-state index is -0.941. The van der Waals surface area contributed by atoms with E-state index in [1.165, 1.54) is 16.8 Å². The molecule has 2 aromatic rings. The van der Waals surface area contributed by atoms with E-state index < -0.39 is 28.7 Å². The Kier molecular flexibility index (Phi) is 6.34. The van der Waals surface area contributed by atoms with Crippen molar-refractivity contribution in [3.8, 4) is 5.75 Å². The Labute approximate surface area is 208 Å². The van der Waals surface area contributed by atoms with Crippen LogP contribution >= 0.6 is 0 Å². The number of aromatic nitrogens is 1. The Hall–Kier alpha value is -3.23. The average molecular weight is 500 g/mol. The fourth-order valence-electron chi connectivity index (χ4n) is 6.51. The lowest BCUT2D eigenvalue weighted by molar-refractivity contribution is -0.00689. The molecular weight excluding hydrogens is 468 g/mol. The Morgan fingerprint density at radius 1 is 1.19 bits per heavy atom. The number of piperidine rings is 1. The lowest BCUT2D eigenvalue weighted by atomic mass is 9.75. The molecule has 0 spiro atoms. The van der Waals surface area contributed by atoms with Crippen LogP contribution in [0.5, 0.6) is 5.75 Å². The van der Waals surface area contributed by atoms with Crippen molar-refractivity contribution in [1.29, 1.82) is 0 Å². The first kappa shape index (κ1) is 24.5. The predicted molar refractivity (Wildman–Crippen MR) is 129 cm³/mol. The first-order valence-corrected chi connectivity index (χ1v) is 12.7. The molecule has 9 heteroatoms. The molecule has 1 saturated carbocycles. The molecule has 192 valence electrons. The molecule has 2 amide bonds. The van der Waals surface area contributed by atoms with Crippen LogP contribution in [0.3, 0.4) is 0 Å². The second-order valence-corrected chi connectivity index (χ2v) is 10.8. The summed E-state index contributed by atoms with van der Waals surface area (Å²) in [6, 6.07) is 3.05. The third-order valence-corrected chi connectivity index (χ3v) is 8.03. The van der Waals surface area contributed by atoms with Gasteiger partial charge in [0.05, 0.1) is 6.04 Å². The highest BCUT2D eigenvalue weighted by Gasteiger charge is 2.50. The number of carbonyl (C=O) groups is 2. The summed E-state index contributed by atoms with van der Waals surface area (Å²) in [5.41, 5.74) is -1.28. The molecule has 1 saturated heterocycles. The van der Waals surface area contributed by atoms with Crippen LogP contribution in [0.15, 0.2) is 29.2 Å². The number of hydrogen-bond acceptors (Lipinski definition) is 4. The maximum Gasteiger partial charge on any atom is 0.275 e. The van der Waals surface area contributed by atoms with Crippen LogP contribution in [0.2, 0.25) is 0 Å². The fraction of sp³-hybridized carbons (Fsp3) is 0.519. The number of fused-ring (bicyclic) bond motifs is 4. The largest absolute Gasteiger partial charge is 0.503 e. The van der Waals surface area contributed by atoms with Crippen molar-refractivity contribution in [2.24, 2.45) is 17.8 Å². The minimum absolute atomic E-state index is 0.0581. The second kappa shape index (κ2) is 9.33. The van der Waals surface area contributed by atoms with Gasteiger partial charge in [-0.05, 0) is 49.5 Å². The molecule has 1 unspecified atom stereocenters. The van der Waals surface area contributed by atoms with Gasteiger partial charge in [0.25, 0.3) is 11.8 Å². The molecule has 36 heavy (non-hydrogen) atoms. The zero-order valence-electron chi connectivity index (χ0n) is 20.5. The topological polar surface area (TPSA) is 91.6 Å².